The number of hydrogen-bond acceptors (Lipinski definition) is 2. The van der Waals surface area contributed by atoms with Crippen molar-refractivity contribution in [1.82, 2.24) is 15.0 Å². The van der Waals surface area contributed by atoms with Crippen molar-refractivity contribution in [2.24, 2.45) is 0 Å². The molecule has 1 N–H and O–H groups in total. The highest BCUT2D eigenvalue weighted by molar-refractivity contribution is 6.35. The van der Waals surface area contributed by atoms with Gasteiger partial charge in [-0.1, -0.05) is 53.4 Å². The van der Waals surface area contributed by atoms with Gasteiger partial charge in [-0.3, -0.25) is 10.2 Å². The third-order valence-electron chi connectivity index (χ3n) is 5.41. The minimum atomic E-state index is -0.117. The highest BCUT2D eigenvalue weighted by Gasteiger charge is 2.23. The molecule has 4 rings (SSSR count). The number of aromatic nitrogens is 1. The molecule has 1 amide bonds. The highest BCUT2D eigenvalue weighted by atomic mass is 35.5. The Bertz CT molecular complexity index is 1070. The molecule has 156 valence electrons. The molecule has 0 saturated carbocycles. The van der Waals surface area contributed by atoms with Crippen molar-refractivity contribution in [2.75, 3.05) is 13.1 Å². The van der Waals surface area contributed by atoms with Crippen molar-refractivity contribution >= 4 is 40.7 Å². The van der Waals surface area contributed by atoms with E-state index in [4.69, 9.17) is 34.8 Å². The van der Waals surface area contributed by atoms with E-state index in [2.05, 4.69) is 5.43 Å². The molecular weight excluding hydrogens is 441 g/mol. The topological polar surface area (TPSA) is 37.3 Å². The lowest BCUT2D eigenvalue weighted by Gasteiger charge is -2.26. The summed E-state index contributed by atoms with van der Waals surface area (Å²) in [6, 6.07) is 12.9. The van der Waals surface area contributed by atoms with Crippen molar-refractivity contribution in [3.63, 3.8) is 0 Å². The Morgan fingerprint density at radius 3 is 2.27 bits per heavy atom. The zero-order chi connectivity index (χ0) is 21.3. The number of rotatable bonds is 4. The van der Waals surface area contributed by atoms with Crippen LogP contribution in [0.5, 0.6) is 0 Å². The predicted octanol–water partition coefficient (Wildman–Crippen LogP) is 6.54. The summed E-state index contributed by atoms with van der Waals surface area (Å²) in [6.07, 6.45) is 5.23. The van der Waals surface area contributed by atoms with Crippen LogP contribution in [0.25, 0.3) is 16.9 Å². The lowest BCUT2D eigenvalue weighted by Crippen LogP contribution is -2.45. The molecule has 7 heteroatoms. The van der Waals surface area contributed by atoms with E-state index in [9.17, 15) is 4.79 Å². The molecule has 1 fully saturated rings. The summed E-state index contributed by atoms with van der Waals surface area (Å²) in [5.74, 6) is -0.117. The van der Waals surface area contributed by atoms with Gasteiger partial charge in [0, 0.05) is 29.3 Å². The Morgan fingerprint density at radius 1 is 0.933 bits per heavy atom. The van der Waals surface area contributed by atoms with Crippen LogP contribution >= 0.6 is 34.8 Å². The number of hydrazine groups is 1. The number of carbonyl (C=O) groups is 1. The molecule has 0 radical (unpaired) electrons. The smallest absolute Gasteiger partial charge is 0.267 e. The van der Waals surface area contributed by atoms with Crippen LogP contribution in [-0.2, 0) is 0 Å². The third kappa shape index (κ3) is 4.37. The number of carbonyl (C=O) groups excluding carboxylic acids is 1. The van der Waals surface area contributed by atoms with Crippen LogP contribution in [-0.4, -0.2) is 28.6 Å². The SMILES string of the molecule is Cc1c(C(=O)NN2CCCCC2)cn(-c2ccc(Cl)cc2Cl)c1-c1ccc(Cl)cc1. The van der Waals surface area contributed by atoms with Gasteiger partial charge in [0.15, 0.2) is 0 Å². The fraction of sp³-hybridized carbons (Fsp3) is 0.261. The van der Waals surface area contributed by atoms with Gasteiger partial charge < -0.3 is 4.57 Å². The van der Waals surface area contributed by atoms with E-state index in [-0.39, 0.29) is 5.91 Å². The van der Waals surface area contributed by atoms with Crippen molar-refractivity contribution in [3.05, 3.63) is 74.9 Å². The fourth-order valence-corrected chi connectivity index (χ4v) is 4.49. The van der Waals surface area contributed by atoms with E-state index in [1.807, 2.05) is 53.0 Å². The average Bonchev–Trinajstić information content (AvgIpc) is 3.06. The lowest BCUT2D eigenvalue weighted by atomic mass is 10.1. The van der Waals surface area contributed by atoms with E-state index in [0.29, 0.717) is 20.6 Å². The largest absolute Gasteiger partial charge is 0.314 e. The first kappa shape index (κ1) is 21.3. The quantitative estimate of drug-likeness (QED) is 0.478. The van der Waals surface area contributed by atoms with Gasteiger partial charge in [-0.2, -0.15) is 0 Å². The molecule has 30 heavy (non-hydrogen) atoms. The van der Waals surface area contributed by atoms with Crippen molar-refractivity contribution in [1.29, 1.82) is 0 Å². The Morgan fingerprint density at radius 2 is 1.60 bits per heavy atom. The van der Waals surface area contributed by atoms with E-state index < -0.39 is 0 Å². The standard InChI is InChI=1S/C23H22Cl3N3O/c1-15-19(23(30)27-28-11-3-2-4-12-28)14-29(21-10-9-18(25)13-20(21)26)22(15)16-5-7-17(24)8-6-16/h5-10,13-14H,2-4,11-12H2,1H3,(H,27,30). The third-order valence-corrected chi connectivity index (χ3v) is 6.20. The Kier molecular flexibility index (Phi) is 6.40. The average molecular weight is 463 g/mol. The highest BCUT2D eigenvalue weighted by Crippen LogP contribution is 2.34. The summed E-state index contributed by atoms with van der Waals surface area (Å²) in [4.78, 5) is 13.1. The van der Waals surface area contributed by atoms with Gasteiger partial charge in [0.25, 0.3) is 5.91 Å². The van der Waals surface area contributed by atoms with Crippen molar-refractivity contribution in [2.45, 2.75) is 26.2 Å². The van der Waals surface area contributed by atoms with Gasteiger partial charge in [0.1, 0.15) is 0 Å². The van der Waals surface area contributed by atoms with Gasteiger partial charge in [-0.05, 0) is 61.2 Å². The first-order chi connectivity index (χ1) is 14.4. The Hall–Kier alpha value is -1.98. The first-order valence-corrected chi connectivity index (χ1v) is 11.1. The number of benzene rings is 2. The molecule has 2 aromatic carbocycles. The molecule has 0 atom stereocenters. The summed E-state index contributed by atoms with van der Waals surface area (Å²) >= 11 is 18.7. The molecule has 1 aromatic heterocycles. The van der Waals surface area contributed by atoms with Gasteiger partial charge >= 0.3 is 0 Å². The number of piperidine rings is 1. The van der Waals surface area contributed by atoms with E-state index in [1.165, 1.54) is 6.42 Å². The van der Waals surface area contributed by atoms with Crippen LogP contribution in [0.1, 0.15) is 35.2 Å². The van der Waals surface area contributed by atoms with Crippen LogP contribution in [0.3, 0.4) is 0 Å². The summed E-state index contributed by atoms with van der Waals surface area (Å²) in [5, 5.41) is 3.72. The Labute approximate surface area is 191 Å². The molecule has 4 nitrogen and oxygen atoms in total. The molecular formula is C23H22Cl3N3O. The monoisotopic (exact) mass is 461 g/mol. The van der Waals surface area contributed by atoms with E-state index in [0.717, 1.165) is 48.4 Å². The zero-order valence-corrected chi connectivity index (χ0v) is 18.9. The van der Waals surface area contributed by atoms with Crippen LogP contribution in [0.15, 0.2) is 48.7 Å². The maximum atomic E-state index is 13.1. The molecule has 2 heterocycles. The van der Waals surface area contributed by atoms with Gasteiger partial charge in [-0.25, -0.2) is 5.01 Å². The molecule has 0 unspecified atom stereocenters. The van der Waals surface area contributed by atoms with Crippen LogP contribution in [0.2, 0.25) is 15.1 Å². The molecule has 0 bridgehead atoms. The normalized spacial score (nSPS) is 14.7. The van der Waals surface area contributed by atoms with Crippen LogP contribution in [0.4, 0.5) is 0 Å². The maximum absolute atomic E-state index is 13.1. The van der Waals surface area contributed by atoms with E-state index >= 15 is 0 Å². The number of hydrogen-bond donors (Lipinski definition) is 1. The Balaban J connectivity index is 1.80. The number of halogens is 3. The van der Waals surface area contributed by atoms with Gasteiger partial charge in [0.05, 0.1) is 22.0 Å². The van der Waals surface area contributed by atoms with Crippen LogP contribution < -0.4 is 5.43 Å². The molecule has 3 aromatic rings. The number of nitrogens with one attached hydrogen (secondary N) is 1. The zero-order valence-electron chi connectivity index (χ0n) is 16.6. The summed E-state index contributed by atoms with van der Waals surface area (Å²) in [7, 11) is 0. The fourth-order valence-electron chi connectivity index (χ4n) is 3.87. The lowest BCUT2D eigenvalue weighted by molar-refractivity contribution is 0.0749. The van der Waals surface area contributed by atoms with Gasteiger partial charge in [0.2, 0.25) is 0 Å². The molecule has 0 spiro atoms. The molecule has 1 aliphatic heterocycles. The molecule has 0 aliphatic carbocycles. The maximum Gasteiger partial charge on any atom is 0.267 e. The van der Waals surface area contributed by atoms with Crippen molar-refractivity contribution < 1.29 is 4.79 Å². The number of nitrogens with zero attached hydrogens (tertiary/aromatic N) is 2. The predicted molar refractivity (Wildman–Crippen MR) is 124 cm³/mol. The number of amides is 1. The van der Waals surface area contributed by atoms with Crippen molar-refractivity contribution in [3.8, 4) is 16.9 Å². The summed E-state index contributed by atoms with van der Waals surface area (Å²) < 4.78 is 1.95. The molecule has 1 saturated heterocycles. The van der Waals surface area contributed by atoms with Gasteiger partial charge in [-0.15, -0.1) is 0 Å². The summed E-state index contributed by atoms with van der Waals surface area (Å²) in [5.41, 5.74) is 7.13. The van der Waals surface area contributed by atoms with E-state index in [1.54, 1.807) is 12.1 Å². The second kappa shape index (κ2) is 9.03. The van der Waals surface area contributed by atoms with Crippen LogP contribution in [0, 0.1) is 6.92 Å². The second-order valence-corrected chi connectivity index (χ2v) is 8.76. The second-order valence-electron chi connectivity index (χ2n) is 7.48. The first-order valence-electron chi connectivity index (χ1n) is 9.93. The minimum Gasteiger partial charge on any atom is -0.314 e. The summed E-state index contributed by atoms with van der Waals surface area (Å²) in [6.45, 7) is 3.70. The molecule has 1 aliphatic rings. The minimum absolute atomic E-state index is 0.117.